The van der Waals surface area contributed by atoms with Crippen molar-refractivity contribution in [3.63, 3.8) is 0 Å². The molecule has 0 heterocycles. The Morgan fingerprint density at radius 1 is 1.24 bits per heavy atom. The van der Waals surface area contributed by atoms with E-state index in [2.05, 4.69) is 4.74 Å². The molecule has 4 N–H and O–H groups in total. The van der Waals surface area contributed by atoms with Crippen LogP contribution in [-0.4, -0.2) is 48.2 Å². The van der Waals surface area contributed by atoms with Gasteiger partial charge in [-0.2, -0.15) is 0 Å². The number of hydrogen-bond acceptors (Lipinski definition) is 5. The van der Waals surface area contributed by atoms with Crippen LogP contribution in [0.4, 0.5) is 0 Å². The predicted octanol–water partition coefficient (Wildman–Crippen LogP) is 2.67. The van der Waals surface area contributed by atoms with Crippen LogP contribution in [-0.2, 0) is 14.3 Å². The van der Waals surface area contributed by atoms with Gasteiger partial charge in [-0.15, -0.1) is 0 Å². The minimum absolute atomic E-state index is 0. The molecule has 0 saturated heterocycles. The molecule has 25 heavy (non-hydrogen) atoms. The highest BCUT2D eigenvalue weighted by Gasteiger charge is 2.22. The standard InChI is InChI=1S/C10H11NO2.C7H14O2.C2H6.H2O/c1-7-3-5-8(6-4-7)9(11)10(12)13-2;1-2-9-7-4-3-6(8)5-7;1-2;/h3-6,11H,1-2H3;6-8H,2-5H2,1H3;1-2H3;1H2/t;6-,7?;;/m.1../s1. The summed E-state index contributed by atoms with van der Waals surface area (Å²) < 4.78 is 9.75. The van der Waals surface area contributed by atoms with Crippen molar-refractivity contribution < 1.29 is 24.9 Å². The molecule has 1 aromatic carbocycles. The third-order valence-electron chi connectivity index (χ3n) is 3.49. The molecule has 0 amide bonds. The molecular formula is C19H33NO5. The fourth-order valence-corrected chi connectivity index (χ4v) is 2.24. The highest BCUT2D eigenvalue weighted by molar-refractivity contribution is 6.41. The average molecular weight is 355 g/mol. The molecule has 6 nitrogen and oxygen atoms in total. The Hall–Kier alpha value is -1.76. The molecule has 2 atom stereocenters. The SMILES string of the molecule is CC.CCOC1CC[C@@H](O)C1.COC(=O)C(=N)c1ccc(C)cc1.O. The van der Waals surface area contributed by atoms with Crippen LogP contribution in [0, 0.1) is 12.3 Å². The lowest BCUT2D eigenvalue weighted by Crippen LogP contribution is -2.15. The smallest absolute Gasteiger partial charge is 0.356 e. The van der Waals surface area contributed by atoms with Gasteiger partial charge < -0.3 is 20.1 Å². The van der Waals surface area contributed by atoms with Gasteiger partial charge in [0.25, 0.3) is 0 Å². The van der Waals surface area contributed by atoms with Crippen LogP contribution >= 0.6 is 0 Å². The number of hydrogen-bond donors (Lipinski definition) is 2. The van der Waals surface area contributed by atoms with Gasteiger partial charge in [0, 0.05) is 12.2 Å². The third-order valence-corrected chi connectivity index (χ3v) is 3.49. The minimum atomic E-state index is -0.608. The minimum Gasteiger partial charge on any atom is -0.464 e. The van der Waals surface area contributed by atoms with E-state index in [1.54, 1.807) is 12.1 Å². The Labute approximate surface area is 151 Å². The second-order valence-electron chi connectivity index (χ2n) is 5.28. The first-order valence-corrected chi connectivity index (χ1v) is 8.51. The van der Waals surface area contributed by atoms with Crippen molar-refractivity contribution >= 4 is 11.7 Å². The van der Waals surface area contributed by atoms with Crippen LogP contribution in [0.2, 0.25) is 0 Å². The van der Waals surface area contributed by atoms with Crippen molar-refractivity contribution in [2.45, 2.75) is 59.2 Å². The first-order valence-electron chi connectivity index (χ1n) is 8.51. The van der Waals surface area contributed by atoms with Crippen LogP contribution in [0.5, 0.6) is 0 Å². The molecule has 0 aliphatic heterocycles. The van der Waals surface area contributed by atoms with Gasteiger partial charge in [0.05, 0.1) is 19.3 Å². The topological polar surface area (TPSA) is 111 Å². The molecule has 0 aromatic heterocycles. The van der Waals surface area contributed by atoms with Gasteiger partial charge in [0.1, 0.15) is 5.71 Å². The molecule has 2 rings (SSSR count). The van der Waals surface area contributed by atoms with E-state index < -0.39 is 5.97 Å². The van der Waals surface area contributed by atoms with Gasteiger partial charge >= 0.3 is 5.97 Å². The summed E-state index contributed by atoms with van der Waals surface area (Å²) in [5.41, 5.74) is 1.57. The summed E-state index contributed by atoms with van der Waals surface area (Å²) in [6.07, 6.45) is 3.04. The lowest BCUT2D eigenvalue weighted by Gasteiger charge is -2.07. The van der Waals surface area contributed by atoms with E-state index in [9.17, 15) is 4.79 Å². The van der Waals surface area contributed by atoms with E-state index in [-0.39, 0.29) is 17.3 Å². The summed E-state index contributed by atoms with van der Waals surface area (Å²) in [5.74, 6) is -0.608. The van der Waals surface area contributed by atoms with E-state index >= 15 is 0 Å². The summed E-state index contributed by atoms with van der Waals surface area (Å²) in [5, 5.41) is 16.5. The number of nitrogens with one attached hydrogen (secondary N) is 1. The monoisotopic (exact) mass is 355 g/mol. The number of aryl methyl sites for hydroxylation is 1. The van der Waals surface area contributed by atoms with Crippen molar-refractivity contribution in [3.8, 4) is 0 Å². The zero-order valence-electron chi connectivity index (χ0n) is 16.0. The molecule has 6 heteroatoms. The number of carbonyl (C=O) groups is 1. The van der Waals surface area contributed by atoms with Crippen molar-refractivity contribution in [1.82, 2.24) is 0 Å². The van der Waals surface area contributed by atoms with E-state index in [1.807, 2.05) is 39.8 Å². The van der Waals surface area contributed by atoms with Crippen LogP contribution < -0.4 is 0 Å². The normalized spacial score (nSPS) is 17.8. The largest absolute Gasteiger partial charge is 0.464 e. The summed E-state index contributed by atoms with van der Waals surface area (Å²) >= 11 is 0. The van der Waals surface area contributed by atoms with Crippen LogP contribution in [0.1, 0.15) is 51.2 Å². The summed E-state index contributed by atoms with van der Waals surface area (Å²) in [7, 11) is 1.27. The molecule has 1 saturated carbocycles. The fraction of sp³-hybridized carbons (Fsp3) is 0.579. The van der Waals surface area contributed by atoms with Gasteiger partial charge in [-0.3, -0.25) is 5.41 Å². The van der Waals surface area contributed by atoms with Crippen molar-refractivity contribution in [2.24, 2.45) is 0 Å². The Morgan fingerprint density at radius 3 is 2.20 bits per heavy atom. The van der Waals surface area contributed by atoms with E-state index in [0.29, 0.717) is 11.7 Å². The van der Waals surface area contributed by atoms with Gasteiger partial charge in [-0.25, -0.2) is 4.79 Å². The Morgan fingerprint density at radius 2 is 1.80 bits per heavy atom. The average Bonchev–Trinajstić information content (AvgIpc) is 3.02. The Balaban J connectivity index is 0. The van der Waals surface area contributed by atoms with Gasteiger partial charge in [0.2, 0.25) is 0 Å². The number of carbonyl (C=O) groups excluding carboxylic acids is 1. The molecule has 0 radical (unpaired) electrons. The number of rotatable bonds is 4. The second-order valence-corrected chi connectivity index (χ2v) is 5.28. The predicted molar refractivity (Wildman–Crippen MR) is 100 cm³/mol. The van der Waals surface area contributed by atoms with Crippen LogP contribution in [0.25, 0.3) is 0 Å². The molecule has 0 spiro atoms. The maximum Gasteiger partial charge on any atom is 0.356 e. The third kappa shape index (κ3) is 9.96. The lowest BCUT2D eigenvalue weighted by atomic mass is 10.1. The number of esters is 1. The summed E-state index contributed by atoms with van der Waals surface area (Å²) in [6.45, 7) is 8.72. The maximum atomic E-state index is 11.0. The van der Waals surface area contributed by atoms with Crippen molar-refractivity contribution in [2.75, 3.05) is 13.7 Å². The molecule has 1 unspecified atom stereocenters. The molecule has 1 aliphatic rings. The zero-order chi connectivity index (χ0) is 18.5. The lowest BCUT2D eigenvalue weighted by molar-refractivity contribution is -0.132. The van der Waals surface area contributed by atoms with Gasteiger partial charge in [0.15, 0.2) is 0 Å². The number of ether oxygens (including phenoxy) is 2. The molecule has 1 aromatic rings. The first-order chi connectivity index (χ1) is 11.5. The molecule has 144 valence electrons. The molecular weight excluding hydrogens is 322 g/mol. The number of aliphatic hydroxyl groups excluding tert-OH is 1. The number of benzene rings is 1. The first kappa shape index (κ1) is 25.5. The van der Waals surface area contributed by atoms with E-state index in [4.69, 9.17) is 15.3 Å². The van der Waals surface area contributed by atoms with Crippen molar-refractivity contribution in [3.05, 3.63) is 35.4 Å². The van der Waals surface area contributed by atoms with Gasteiger partial charge in [-0.1, -0.05) is 43.7 Å². The summed E-state index contributed by atoms with van der Waals surface area (Å²) in [6, 6.07) is 7.17. The highest BCUT2D eigenvalue weighted by atomic mass is 16.5. The maximum absolute atomic E-state index is 11.0. The second kappa shape index (κ2) is 14.6. The van der Waals surface area contributed by atoms with Gasteiger partial charge in [-0.05, 0) is 33.1 Å². The van der Waals surface area contributed by atoms with Crippen LogP contribution in [0.3, 0.4) is 0 Å². The molecule has 1 aliphatic carbocycles. The van der Waals surface area contributed by atoms with Crippen LogP contribution in [0.15, 0.2) is 24.3 Å². The van der Waals surface area contributed by atoms with Crippen molar-refractivity contribution in [1.29, 1.82) is 5.41 Å². The van der Waals surface area contributed by atoms with E-state index in [1.165, 1.54) is 7.11 Å². The van der Waals surface area contributed by atoms with E-state index in [0.717, 1.165) is 31.4 Å². The Kier molecular flexibility index (Phi) is 14.9. The number of aliphatic hydroxyl groups is 1. The highest BCUT2D eigenvalue weighted by Crippen LogP contribution is 2.21. The fourth-order valence-electron chi connectivity index (χ4n) is 2.24. The number of methoxy groups -OCH3 is 1. The quantitative estimate of drug-likeness (QED) is 0.639. The molecule has 1 fully saturated rings. The zero-order valence-corrected chi connectivity index (χ0v) is 16.0. The summed E-state index contributed by atoms with van der Waals surface area (Å²) in [4.78, 5) is 11.0. The Bertz CT molecular complexity index is 485. The molecule has 0 bridgehead atoms.